The Kier molecular flexibility index (Phi) is 4.09. The number of thiocarbonyl (C=S) groups is 1. The molecule has 0 atom stereocenters. The van der Waals surface area contributed by atoms with Crippen molar-refractivity contribution in [1.29, 1.82) is 0 Å². The van der Waals surface area contributed by atoms with Gasteiger partial charge in [-0.1, -0.05) is 0 Å². The molecule has 0 amide bonds. The highest BCUT2D eigenvalue weighted by atomic mass is 32.1. The summed E-state index contributed by atoms with van der Waals surface area (Å²) in [4.78, 5) is 6.30. The molecule has 5 heteroatoms. The first-order valence-electron chi connectivity index (χ1n) is 5.44. The van der Waals surface area contributed by atoms with Gasteiger partial charge in [-0.3, -0.25) is 0 Å². The van der Waals surface area contributed by atoms with Crippen molar-refractivity contribution in [2.45, 2.75) is 0 Å². The summed E-state index contributed by atoms with van der Waals surface area (Å²) in [5, 5.41) is 2.41. The van der Waals surface area contributed by atoms with E-state index in [0.29, 0.717) is 0 Å². The van der Waals surface area contributed by atoms with Crippen LogP contribution in [-0.2, 0) is 4.74 Å². The van der Waals surface area contributed by atoms with Crippen LogP contribution < -0.4 is 9.64 Å². The monoisotopic (exact) mass is 250 g/mol. The van der Waals surface area contributed by atoms with Crippen LogP contribution in [-0.4, -0.2) is 38.6 Å². The number of hydrogen-bond acceptors (Lipinski definition) is 5. The number of ether oxygens (including phenoxy) is 2. The summed E-state index contributed by atoms with van der Waals surface area (Å²) in [7, 11) is 1.65. The van der Waals surface area contributed by atoms with Crippen LogP contribution >= 0.6 is 12.2 Å². The minimum Gasteiger partial charge on any atom is -0.497 e. The molecule has 0 aliphatic carbocycles. The standard InChI is InChI=1S/C12H14N2O2S/c1-15-10-2-3-11(13-9-17)12(8-10)14-4-6-16-7-5-14/h2-3,8H,4-7H2,1H3. The fourth-order valence-electron chi connectivity index (χ4n) is 1.83. The summed E-state index contributed by atoms with van der Waals surface area (Å²) in [6, 6.07) is 5.73. The molecule has 17 heavy (non-hydrogen) atoms. The van der Waals surface area contributed by atoms with Gasteiger partial charge in [0.1, 0.15) is 5.75 Å². The summed E-state index contributed by atoms with van der Waals surface area (Å²) >= 11 is 4.67. The molecule has 0 spiro atoms. The average Bonchev–Trinajstić information content (AvgIpc) is 2.40. The van der Waals surface area contributed by atoms with Crippen LogP contribution in [0.25, 0.3) is 0 Å². The maximum Gasteiger partial charge on any atom is 0.121 e. The molecule has 1 aliphatic heterocycles. The Morgan fingerprint density at radius 3 is 2.82 bits per heavy atom. The normalized spacial score (nSPS) is 15.2. The first-order valence-corrected chi connectivity index (χ1v) is 5.84. The molecule has 1 aliphatic rings. The minimum absolute atomic E-state index is 0.734. The number of nitrogens with zero attached hydrogens (tertiary/aromatic N) is 2. The smallest absolute Gasteiger partial charge is 0.121 e. The first-order chi connectivity index (χ1) is 8.35. The molecule has 0 saturated carbocycles. The van der Waals surface area contributed by atoms with Crippen LogP contribution in [0.3, 0.4) is 0 Å². The third kappa shape index (κ3) is 2.82. The van der Waals surface area contributed by atoms with E-state index in [4.69, 9.17) is 9.47 Å². The van der Waals surface area contributed by atoms with Crippen molar-refractivity contribution in [3.63, 3.8) is 0 Å². The van der Waals surface area contributed by atoms with Crippen molar-refractivity contribution in [2.24, 2.45) is 4.99 Å². The molecule has 0 N–H and O–H groups in total. The maximum atomic E-state index is 5.34. The van der Waals surface area contributed by atoms with E-state index >= 15 is 0 Å². The lowest BCUT2D eigenvalue weighted by atomic mass is 10.2. The van der Waals surface area contributed by atoms with E-state index in [-0.39, 0.29) is 0 Å². The Balaban J connectivity index is 2.36. The predicted octanol–water partition coefficient (Wildman–Crippen LogP) is 2.27. The van der Waals surface area contributed by atoms with Gasteiger partial charge in [-0.15, -0.1) is 0 Å². The second-order valence-electron chi connectivity index (χ2n) is 3.66. The fraction of sp³-hybridized carbons (Fsp3) is 0.417. The molecule has 1 heterocycles. The van der Waals surface area contributed by atoms with Gasteiger partial charge in [0.05, 0.1) is 36.9 Å². The highest BCUT2D eigenvalue weighted by Gasteiger charge is 2.15. The van der Waals surface area contributed by atoms with Crippen LogP contribution in [0, 0.1) is 0 Å². The van der Waals surface area contributed by atoms with Crippen LogP contribution in [0.1, 0.15) is 0 Å². The lowest BCUT2D eigenvalue weighted by molar-refractivity contribution is 0.122. The van der Waals surface area contributed by atoms with E-state index in [1.807, 2.05) is 18.2 Å². The molecule has 90 valence electrons. The largest absolute Gasteiger partial charge is 0.497 e. The van der Waals surface area contributed by atoms with Crippen molar-refractivity contribution in [3.8, 4) is 5.75 Å². The number of isothiocyanates is 1. The number of hydrogen-bond donors (Lipinski definition) is 0. The van der Waals surface area contributed by atoms with E-state index < -0.39 is 0 Å². The van der Waals surface area contributed by atoms with Crippen LogP contribution in [0.5, 0.6) is 5.75 Å². The van der Waals surface area contributed by atoms with Crippen molar-refractivity contribution in [3.05, 3.63) is 18.2 Å². The molecule has 1 saturated heterocycles. The van der Waals surface area contributed by atoms with Gasteiger partial charge in [0.2, 0.25) is 0 Å². The Labute approximate surface area is 106 Å². The molecule has 1 aromatic carbocycles. The molecular weight excluding hydrogens is 236 g/mol. The molecule has 0 aromatic heterocycles. The van der Waals surface area contributed by atoms with Gasteiger partial charge in [0.15, 0.2) is 0 Å². The van der Waals surface area contributed by atoms with Gasteiger partial charge in [-0.2, -0.15) is 4.99 Å². The summed E-state index contributed by atoms with van der Waals surface area (Å²) in [6.07, 6.45) is 0. The van der Waals surface area contributed by atoms with Gasteiger partial charge in [0.25, 0.3) is 0 Å². The van der Waals surface area contributed by atoms with Gasteiger partial charge in [-0.25, -0.2) is 0 Å². The lowest BCUT2D eigenvalue weighted by Crippen LogP contribution is -2.36. The van der Waals surface area contributed by atoms with Gasteiger partial charge < -0.3 is 14.4 Å². The molecule has 2 rings (SSSR count). The van der Waals surface area contributed by atoms with Crippen LogP contribution in [0.15, 0.2) is 23.2 Å². The summed E-state index contributed by atoms with van der Waals surface area (Å²) < 4.78 is 10.6. The second-order valence-corrected chi connectivity index (χ2v) is 3.84. The molecular formula is C12H14N2O2S. The third-order valence-corrected chi connectivity index (χ3v) is 2.79. The van der Waals surface area contributed by atoms with E-state index in [0.717, 1.165) is 43.4 Å². The van der Waals surface area contributed by atoms with Gasteiger partial charge in [-0.05, 0) is 24.4 Å². The van der Waals surface area contributed by atoms with Crippen molar-refractivity contribution >= 4 is 28.8 Å². The Bertz CT molecular complexity index is 438. The van der Waals surface area contributed by atoms with E-state index in [1.54, 1.807) is 7.11 Å². The fourth-order valence-corrected chi connectivity index (χ4v) is 1.93. The van der Waals surface area contributed by atoms with Crippen LogP contribution in [0.4, 0.5) is 11.4 Å². The number of aliphatic imine (C=N–C) groups is 1. The van der Waals surface area contributed by atoms with E-state index in [2.05, 4.69) is 27.3 Å². The number of anilines is 1. The quantitative estimate of drug-likeness (QED) is 0.609. The summed E-state index contributed by atoms with van der Waals surface area (Å²) in [6.45, 7) is 3.18. The summed E-state index contributed by atoms with van der Waals surface area (Å²) in [5.74, 6) is 0.815. The Hall–Kier alpha value is -1.42. The molecule has 0 unspecified atom stereocenters. The van der Waals surface area contributed by atoms with Crippen molar-refractivity contribution in [1.82, 2.24) is 0 Å². The van der Waals surface area contributed by atoms with Crippen molar-refractivity contribution in [2.75, 3.05) is 38.3 Å². The SMILES string of the molecule is COc1ccc(N=C=S)c(N2CCOCC2)c1. The third-order valence-electron chi connectivity index (χ3n) is 2.70. The Morgan fingerprint density at radius 2 is 2.18 bits per heavy atom. The zero-order valence-electron chi connectivity index (χ0n) is 9.68. The number of rotatable bonds is 3. The molecule has 1 aromatic rings. The Morgan fingerprint density at radius 1 is 1.41 bits per heavy atom. The van der Waals surface area contributed by atoms with Gasteiger partial charge >= 0.3 is 0 Å². The number of methoxy groups -OCH3 is 1. The number of morpholine rings is 1. The molecule has 4 nitrogen and oxygen atoms in total. The highest BCUT2D eigenvalue weighted by Crippen LogP contribution is 2.32. The zero-order chi connectivity index (χ0) is 12.1. The topological polar surface area (TPSA) is 34.1 Å². The minimum atomic E-state index is 0.734. The second kappa shape index (κ2) is 5.77. The zero-order valence-corrected chi connectivity index (χ0v) is 10.5. The first kappa shape index (κ1) is 12.0. The van der Waals surface area contributed by atoms with Gasteiger partial charge in [0, 0.05) is 19.2 Å². The molecule has 0 radical (unpaired) electrons. The number of benzene rings is 1. The molecule has 0 bridgehead atoms. The predicted molar refractivity (Wildman–Crippen MR) is 70.7 cm³/mol. The summed E-state index contributed by atoms with van der Waals surface area (Å²) in [5.41, 5.74) is 1.84. The average molecular weight is 250 g/mol. The maximum absolute atomic E-state index is 5.34. The van der Waals surface area contributed by atoms with E-state index in [1.165, 1.54) is 0 Å². The van der Waals surface area contributed by atoms with Crippen molar-refractivity contribution < 1.29 is 9.47 Å². The van der Waals surface area contributed by atoms with Crippen LogP contribution in [0.2, 0.25) is 0 Å². The highest BCUT2D eigenvalue weighted by molar-refractivity contribution is 7.78. The van der Waals surface area contributed by atoms with E-state index in [9.17, 15) is 0 Å². The molecule has 1 fully saturated rings. The lowest BCUT2D eigenvalue weighted by Gasteiger charge is -2.29.